The number of nitrogens with zero attached hydrogens (tertiary/aromatic N) is 3. The quantitative estimate of drug-likeness (QED) is 0.882. The number of aromatic nitrogens is 3. The van der Waals surface area contributed by atoms with Crippen molar-refractivity contribution in [3.05, 3.63) is 42.6 Å². The maximum atomic E-state index is 12.2. The molecule has 8 heteroatoms. The van der Waals surface area contributed by atoms with Gasteiger partial charge >= 0.3 is 0 Å². The minimum Gasteiger partial charge on any atom is -0.352 e. The van der Waals surface area contributed by atoms with Crippen molar-refractivity contribution in [2.24, 2.45) is 5.92 Å². The van der Waals surface area contributed by atoms with Gasteiger partial charge in [-0.1, -0.05) is 0 Å². The Morgan fingerprint density at radius 1 is 1.41 bits per heavy atom. The van der Waals surface area contributed by atoms with Gasteiger partial charge in [0, 0.05) is 30.7 Å². The van der Waals surface area contributed by atoms with Crippen molar-refractivity contribution < 1.29 is 13.2 Å². The monoisotopic (exact) mass is 320 g/mol. The molecule has 0 unspecified atom stereocenters. The van der Waals surface area contributed by atoms with Crippen molar-refractivity contribution in [1.82, 2.24) is 19.9 Å². The minimum absolute atomic E-state index is 0.00362. The third-order valence-corrected chi connectivity index (χ3v) is 5.49. The first-order chi connectivity index (χ1) is 10.5. The summed E-state index contributed by atoms with van der Waals surface area (Å²) in [6.07, 6.45) is 7.15. The van der Waals surface area contributed by atoms with Crippen LogP contribution < -0.4 is 5.32 Å². The second kappa shape index (κ2) is 5.88. The number of nitrogens with one attached hydrogen (secondary N) is 1. The minimum atomic E-state index is -2.92. The molecule has 0 radical (unpaired) electrons. The molecular formula is C14H16N4O3S. The van der Waals surface area contributed by atoms with E-state index in [1.54, 1.807) is 41.6 Å². The van der Waals surface area contributed by atoms with E-state index in [-0.39, 0.29) is 23.3 Å². The molecule has 1 aliphatic rings. The molecule has 1 amide bonds. The third kappa shape index (κ3) is 3.33. The van der Waals surface area contributed by atoms with Gasteiger partial charge < -0.3 is 5.32 Å². The van der Waals surface area contributed by atoms with Gasteiger partial charge in [0.15, 0.2) is 9.84 Å². The van der Waals surface area contributed by atoms with Crippen LogP contribution in [-0.2, 0) is 9.84 Å². The van der Waals surface area contributed by atoms with E-state index in [2.05, 4.69) is 15.3 Å². The molecule has 22 heavy (non-hydrogen) atoms. The second-order valence-corrected chi connectivity index (χ2v) is 7.58. The van der Waals surface area contributed by atoms with Gasteiger partial charge in [0.2, 0.25) is 0 Å². The van der Waals surface area contributed by atoms with Crippen molar-refractivity contribution in [3.63, 3.8) is 0 Å². The number of pyridine rings is 1. The van der Waals surface area contributed by atoms with Crippen LogP contribution in [0.4, 0.5) is 0 Å². The van der Waals surface area contributed by atoms with E-state index >= 15 is 0 Å². The van der Waals surface area contributed by atoms with Crippen molar-refractivity contribution in [2.45, 2.75) is 6.42 Å². The highest BCUT2D eigenvalue weighted by atomic mass is 32.2. The van der Waals surface area contributed by atoms with Gasteiger partial charge in [-0.25, -0.2) is 18.4 Å². The molecule has 1 saturated heterocycles. The lowest BCUT2D eigenvalue weighted by Crippen LogP contribution is -2.29. The Bertz CT molecular complexity index is 771. The Labute approximate surface area is 128 Å². The number of carbonyl (C=O) groups excluding carboxylic acids is 1. The van der Waals surface area contributed by atoms with Gasteiger partial charge in [0.1, 0.15) is 12.1 Å². The number of hydrogen-bond acceptors (Lipinski definition) is 5. The van der Waals surface area contributed by atoms with Gasteiger partial charge in [-0.05, 0) is 24.5 Å². The van der Waals surface area contributed by atoms with Gasteiger partial charge in [0.05, 0.1) is 11.5 Å². The predicted molar refractivity (Wildman–Crippen MR) is 80.5 cm³/mol. The van der Waals surface area contributed by atoms with Gasteiger partial charge in [-0.15, -0.1) is 0 Å². The molecule has 0 saturated carbocycles. The van der Waals surface area contributed by atoms with Gasteiger partial charge in [0.25, 0.3) is 5.91 Å². The molecule has 2 aromatic rings. The van der Waals surface area contributed by atoms with Crippen LogP contribution >= 0.6 is 0 Å². The second-order valence-electron chi connectivity index (χ2n) is 5.35. The molecule has 3 rings (SSSR count). The number of carbonyl (C=O) groups is 1. The molecule has 7 nitrogen and oxygen atoms in total. The predicted octanol–water partition coefficient (Wildman–Crippen LogP) is 0.432. The topological polar surface area (TPSA) is 94.0 Å². The smallest absolute Gasteiger partial charge is 0.251 e. The van der Waals surface area contributed by atoms with Crippen molar-refractivity contribution in [1.29, 1.82) is 0 Å². The molecular weight excluding hydrogens is 304 g/mol. The normalized spacial score (nSPS) is 19.9. The lowest BCUT2D eigenvalue weighted by Gasteiger charge is -2.10. The summed E-state index contributed by atoms with van der Waals surface area (Å²) in [5.74, 6) is 0.753. The average molecular weight is 320 g/mol. The molecule has 1 atom stereocenters. The highest BCUT2D eigenvalue weighted by Gasteiger charge is 2.28. The van der Waals surface area contributed by atoms with Gasteiger partial charge in [-0.3, -0.25) is 9.36 Å². The number of sulfone groups is 1. The molecule has 0 spiro atoms. The Hall–Kier alpha value is -2.22. The first kappa shape index (κ1) is 14.7. The fourth-order valence-electron chi connectivity index (χ4n) is 2.47. The van der Waals surface area contributed by atoms with E-state index in [9.17, 15) is 13.2 Å². The number of rotatable bonds is 4. The molecule has 1 aliphatic heterocycles. The van der Waals surface area contributed by atoms with E-state index in [0.717, 1.165) is 0 Å². The van der Waals surface area contributed by atoms with Crippen molar-refractivity contribution in [3.8, 4) is 5.82 Å². The zero-order valence-corrected chi connectivity index (χ0v) is 12.7. The average Bonchev–Trinajstić information content (AvgIpc) is 3.14. The number of amides is 1. The van der Waals surface area contributed by atoms with Crippen LogP contribution in [0.15, 0.2) is 37.1 Å². The fraction of sp³-hybridized carbons (Fsp3) is 0.357. The van der Waals surface area contributed by atoms with Crippen LogP contribution in [0.3, 0.4) is 0 Å². The Kier molecular flexibility index (Phi) is 3.93. The highest BCUT2D eigenvalue weighted by molar-refractivity contribution is 7.91. The summed E-state index contributed by atoms with van der Waals surface area (Å²) in [6, 6.07) is 3.30. The van der Waals surface area contributed by atoms with Crippen LogP contribution in [0.5, 0.6) is 0 Å². The Morgan fingerprint density at radius 2 is 2.27 bits per heavy atom. The summed E-state index contributed by atoms with van der Waals surface area (Å²) < 4.78 is 24.5. The molecule has 2 aromatic heterocycles. The molecule has 1 fully saturated rings. The largest absolute Gasteiger partial charge is 0.352 e. The first-order valence-corrected chi connectivity index (χ1v) is 8.79. The molecule has 0 bridgehead atoms. The SMILES string of the molecule is O=C(NC[C@H]1CCS(=O)(=O)C1)c1ccnc(-n2ccnc2)c1. The summed E-state index contributed by atoms with van der Waals surface area (Å²) in [5, 5.41) is 2.80. The van der Waals surface area contributed by atoms with E-state index in [0.29, 0.717) is 24.3 Å². The lowest BCUT2D eigenvalue weighted by atomic mass is 10.1. The fourth-order valence-corrected chi connectivity index (χ4v) is 4.33. The van der Waals surface area contributed by atoms with Crippen LogP contribution in [0.25, 0.3) is 5.82 Å². The maximum Gasteiger partial charge on any atom is 0.251 e. The third-order valence-electron chi connectivity index (χ3n) is 3.65. The first-order valence-electron chi connectivity index (χ1n) is 6.96. The van der Waals surface area contributed by atoms with Crippen LogP contribution in [0, 0.1) is 5.92 Å². The van der Waals surface area contributed by atoms with Crippen molar-refractivity contribution in [2.75, 3.05) is 18.1 Å². The van der Waals surface area contributed by atoms with E-state index in [4.69, 9.17) is 0 Å². The zero-order valence-electron chi connectivity index (χ0n) is 11.8. The standard InChI is InChI=1S/C14H16N4O3S/c19-14(17-8-11-2-6-22(20,21)9-11)12-1-3-16-13(7-12)18-5-4-15-10-18/h1,3-5,7,10-11H,2,6,8-9H2,(H,17,19)/t11-/m1/s1. The van der Waals surface area contributed by atoms with E-state index < -0.39 is 9.84 Å². The molecule has 3 heterocycles. The maximum absolute atomic E-state index is 12.2. The summed E-state index contributed by atoms with van der Waals surface area (Å²) in [4.78, 5) is 20.3. The zero-order chi connectivity index (χ0) is 15.6. The Morgan fingerprint density at radius 3 is 2.95 bits per heavy atom. The molecule has 1 N–H and O–H groups in total. The lowest BCUT2D eigenvalue weighted by molar-refractivity contribution is 0.0948. The summed E-state index contributed by atoms with van der Waals surface area (Å²) >= 11 is 0. The molecule has 0 aliphatic carbocycles. The van der Waals surface area contributed by atoms with Crippen LogP contribution in [0.1, 0.15) is 16.8 Å². The van der Waals surface area contributed by atoms with Crippen LogP contribution in [-0.4, -0.2) is 46.9 Å². The van der Waals surface area contributed by atoms with Crippen molar-refractivity contribution >= 4 is 15.7 Å². The highest BCUT2D eigenvalue weighted by Crippen LogP contribution is 2.17. The number of imidazole rings is 1. The Balaban J connectivity index is 1.64. The van der Waals surface area contributed by atoms with E-state index in [1.807, 2.05) is 0 Å². The summed E-state index contributed by atoms with van der Waals surface area (Å²) in [5.41, 5.74) is 0.486. The van der Waals surface area contributed by atoms with Gasteiger partial charge in [-0.2, -0.15) is 0 Å². The van der Waals surface area contributed by atoms with Crippen LogP contribution in [0.2, 0.25) is 0 Å². The number of hydrogen-bond donors (Lipinski definition) is 1. The summed E-state index contributed by atoms with van der Waals surface area (Å²) in [7, 11) is -2.92. The van der Waals surface area contributed by atoms with E-state index in [1.165, 1.54) is 0 Å². The molecule has 0 aromatic carbocycles. The summed E-state index contributed by atoms with van der Waals surface area (Å²) in [6.45, 7) is 0.376. The molecule has 116 valence electrons.